The Morgan fingerprint density at radius 1 is 1.03 bits per heavy atom. The predicted octanol–water partition coefficient (Wildman–Crippen LogP) is 3.30. The van der Waals surface area contributed by atoms with Crippen molar-refractivity contribution in [2.24, 2.45) is 0 Å². The number of carbonyl (C=O) groups excluding carboxylic acids is 3. The second-order valence-electron chi connectivity index (χ2n) is 7.42. The maximum absolute atomic E-state index is 12.2. The number of nitrogens with one attached hydrogen (secondary N) is 1. The van der Waals surface area contributed by atoms with Crippen molar-refractivity contribution in [1.29, 1.82) is 0 Å². The summed E-state index contributed by atoms with van der Waals surface area (Å²) in [5.41, 5.74) is 2.22. The van der Waals surface area contributed by atoms with Crippen molar-refractivity contribution in [2.75, 3.05) is 5.32 Å². The van der Waals surface area contributed by atoms with Gasteiger partial charge in [-0.1, -0.05) is 44.2 Å². The molecule has 0 fully saturated rings. The topological polar surface area (TPSA) is 125 Å². The first-order valence-corrected chi connectivity index (χ1v) is 10.9. The maximum Gasteiger partial charge on any atom is 0.308 e. The largest absolute Gasteiger partial charge is 0.425 e. The lowest BCUT2D eigenvalue weighted by Crippen LogP contribution is -2.27. The SMILES string of the molecule is CCCC(=O)OC(Cc1c(-c2ccccc2)nc(NC(C)=O)n2ncnc12)OC(=O)CCC. The van der Waals surface area contributed by atoms with Crippen LogP contribution in [0.1, 0.15) is 52.0 Å². The monoisotopic (exact) mass is 453 g/mol. The van der Waals surface area contributed by atoms with Crippen LogP contribution in [0.4, 0.5) is 5.95 Å². The molecule has 1 amide bonds. The number of amides is 1. The molecule has 0 aliphatic carbocycles. The van der Waals surface area contributed by atoms with Gasteiger partial charge in [0.15, 0.2) is 5.65 Å². The lowest BCUT2D eigenvalue weighted by atomic mass is 10.0. The van der Waals surface area contributed by atoms with Gasteiger partial charge in [0.05, 0.1) is 12.1 Å². The minimum absolute atomic E-state index is 0.0185. The number of ether oxygens (including phenoxy) is 2. The molecule has 0 saturated carbocycles. The predicted molar refractivity (Wildman–Crippen MR) is 120 cm³/mol. The summed E-state index contributed by atoms with van der Waals surface area (Å²) in [5.74, 6) is -1.05. The normalized spacial score (nSPS) is 10.9. The Hall–Kier alpha value is -3.82. The second kappa shape index (κ2) is 11.2. The van der Waals surface area contributed by atoms with Gasteiger partial charge in [0.2, 0.25) is 11.9 Å². The number of aromatic nitrogens is 4. The van der Waals surface area contributed by atoms with Gasteiger partial charge >= 0.3 is 11.9 Å². The summed E-state index contributed by atoms with van der Waals surface area (Å²) in [4.78, 5) is 45.1. The minimum Gasteiger partial charge on any atom is -0.425 e. The Bertz CT molecular complexity index is 1110. The van der Waals surface area contributed by atoms with Crippen molar-refractivity contribution in [3.05, 3.63) is 42.2 Å². The minimum atomic E-state index is -1.15. The molecule has 2 aromatic heterocycles. The fraction of sp³-hybridized carbons (Fsp3) is 0.391. The van der Waals surface area contributed by atoms with Crippen LogP contribution in [0.2, 0.25) is 0 Å². The summed E-state index contributed by atoms with van der Waals surface area (Å²) < 4.78 is 12.4. The Balaban J connectivity index is 2.09. The van der Waals surface area contributed by atoms with Gasteiger partial charge in [-0.05, 0) is 12.8 Å². The van der Waals surface area contributed by atoms with E-state index in [9.17, 15) is 14.4 Å². The molecular formula is C23H27N5O5. The van der Waals surface area contributed by atoms with E-state index in [0.29, 0.717) is 29.7 Å². The highest BCUT2D eigenvalue weighted by atomic mass is 16.7. The third-order valence-corrected chi connectivity index (χ3v) is 4.66. The van der Waals surface area contributed by atoms with E-state index < -0.39 is 18.2 Å². The van der Waals surface area contributed by atoms with Crippen molar-refractivity contribution < 1.29 is 23.9 Å². The number of benzene rings is 1. The average molecular weight is 453 g/mol. The zero-order chi connectivity index (χ0) is 23.8. The number of rotatable bonds is 10. The van der Waals surface area contributed by atoms with E-state index >= 15 is 0 Å². The van der Waals surface area contributed by atoms with E-state index in [1.54, 1.807) is 0 Å². The van der Waals surface area contributed by atoms with Gasteiger partial charge in [0.25, 0.3) is 6.29 Å². The van der Waals surface area contributed by atoms with E-state index in [0.717, 1.165) is 5.56 Å². The van der Waals surface area contributed by atoms with Gasteiger partial charge in [0, 0.05) is 30.9 Å². The van der Waals surface area contributed by atoms with Crippen LogP contribution in [0.25, 0.3) is 16.9 Å². The summed E-state index contributed by atoms with van der Waals surface area (Å²) in [7, 11) is 0. The molecule has 0 spiro atoms. The first-order chi connectivity index (χ1) is 15.9. The van der Waals surface area contributed by atoms with Crippen LogP contribution in [0.3, 0.4) is 0 Å². The summed E-state index contributed by atoms with van der Waals surface area (Å²) in [6, 6.07) is 9.30. The van der Waals surface area contributed by atoms with Crippen LogP contribution in [0.15, 0.2) is 36.7 Å². The highest BCUT2D eigenvalue weighted by Gasteiger charge is 2.25. The molecule has 10 nitrogen and oxygen atoms in total. The highest BCUT2D eigenvalue weighted by Crippen LogP contribution is 2.28. The van der Waals surface area contributed by atoms with Crippen LogP contribution >= 0.6 is 0 Å². The number of carbonyl (C=O) groups is 3. The van der Waals surface area contributed by atoms with E-state index in [1.165, 1.54) is 17.8 Å². The first-order valence-electron chi connectivity index (χ1n) is 10.9. The number of anilines is 1. The van der Waals surface area contributed by atoms with Gasteiger partial charge in [-0.25, -0.2) is 9.97 Å². The second-order valence-corrected chi connectivity index (χ2v) is 7.42. The summed E-state index contributed by atoms with van der Waals surface area (Å²) in [5, 5.41) is 6.83. The van der Waals surface area contributed by atoms with Crippen molar-refractivity contribution >= 4 is 29.4 Å². The third-order valence-electron chi connectivity index (χ3n) is 4.66. The number of esters is 2. The molecule has 2 heterocycles. The molecule has 3 aromatic rings. The first kappa shape index (κ1) is 23.8. The van der Waals surface area contributed by atoms with Crippen LogP contribution in [0, 0.1) is 0 Å². The molecule has 0 unspecified atom stereocenters. The third kappa shape index (κ3) is 6.12. The Labute approximate surface area is 191 Å². The zero-order valence-electron chi connectivity index (χ0n) is 18.9. The van der Waals surface area contributed by atoms with Gasteiger partial charge in [-0.15, -0.1) is 0 Å². The average Bonchev–Trinajstić information content (AvgIpc) is 3.26. The molecule has 0 radical (unpaired) electrons. The molecule has 1 aromatic carbocycles. The molecule has 1 N–H and O–H groups in total. The van der Waals surface area contributed by atoms with Gasteiger partial charge < -0.3 is 9.47 Å². The molecule has 3 rings (SSSR count). The van der Waals surface area contributed by atoms with Crippen molar-refractivity contribution in [3.8, 4) is 11.3 Å². The number of hydrogen-bond acceptors (Lipinski definition) is 8. The number of nitrogens with zero attached hydrogens (tertiary/aromatic N) is 4. The van der Waals surface area contributed by atoms with E-state index in [4.69, 9.17) is 9.47 Å². The van der Waals surface area contributed by atoms with E-state index in [1.807, 2.05) is 44.2 Å². The highest BCUT2D eigenvalue weighted by molar-refractivity contribution is 5.88. The molecule has 174 valence electrons. The Morgan fingerprint density at radius 3 is 2.24 bits per heavy atom. The van der Waals surface area contributed by atoms with Crippen LogP contribution in [0.5, 0.6) is 0 Å². The van der Waals surface area contributed by atoms with Crippen molar-refractivity contribution in [3.63, 3.8) is 0 Å². The smallest absolute Gasteiger partial charge is 0.308 e. The molecule has 0 bridgehead atoms. The van der Waals surface area contributed by atoms with Crippen LogP contribution in [-0.4, -0.2) is 43.7 Å². The maximum atomic E-state index is 12.2. The molecule has 10 heteroatoms. The molecule has 33 heavy (non-hydrogen) atoms. The number of fused-ring (bicyclic) bond motifs is 1. The van der Waals surface area contributed by atoms with E-state index in [2.05, 4.69) is 20.4 Å². The summed E-state index contributed by atoms with van der Waals surface area (Å²) in [6.07, 6.45) is 1.81. The van der Waals surface area contributed by atoms with Crippen LogP contribution in [-0.2, 0) is 30.3 Å². The van der Waals surface area contributed by atoms with Crippen molar-refractivity contribution in [2.45, 2.75) is 59.2 Å². The Morgan fingerprint density at radius 2 is 1.67 bits per heavy atom. The summed E-state index contributed by atoms with van der Waals surface area (Å²) >= 11 is 0. The molecule has 0 saturated heterocycles. The molecular weight excluding hydrogens is 426 g/mol. The Kier molecular flexibility index (Phi) is 8.06. The molecule has 0 aliphatic heterocycles. The summed E-state index contributed by atoms with van der Waals surface area (Å²) in [6.45, 7) is 5.09. The van der Waals surface area contributed by atoms with Gasteiger partial charge in [-0.3, -0.25) is 19.7 Å². The quantitative estimate of drug-likeness (QED) is 0.366. The molecule has 0 aliphatic rings. The lowest BCUT2D eigenvalue weighted by Gasteiger charge is -2.20. The fourth-order valence-corrected chi connectivity index (χ4v) is 3.28. The standard InChI is InChI=1S/C23H27N5O5/c1-4-9-18(30)32-20(33-19(31)10-5-2)13-17-21(16-11-7-6-8-12-16)27-23(26-15(3)29)28-22(17)24-14-25-28/h6-8,11-12,14,20H,4-5,9-10,13H2,1-3H3,(H,26,27,29). The zero-order valence-corrected chi connectivity index (χ0v) is 18.9. The fourth-order valence-electron chi connectivity index (χ4n) is 3.28. The van der Waals surface area contributed by atoms with Gasteiger partial charge in [-0.2, -0.15) is 9.61 Å². The van der Waals surface area contributed by atoms with Crippen molar-refractivity contribution in [1.82, 2.24) is 19.6 Å². The van der Waals surface area contributed by atoms with Crippen LogP contribution < -0.4 is 5.32 Å². The van der Waals surface area contributed by atoms with Gasteiger partial charge in [0.1, 0.15) is 6.33 Å². The number of hydrogen-bond donors (Lipinski definition) is 1. The lowest BCUT2D eigenvalue weighted by molar-refractivity contribution is -0.187. The molecule has 0 atom stereocenters. The van der Waals surface area contributed by atoms with E-state index in [-0.39, 0.29) is 31.1 Å².